The highest BCUT2D eigenvalue weighted by molar-refractivity contribution is 7.81. The van der Waals surface area contributed by atoms with Gasteiger partial charge in [-0.15, -0.1) is 0 Å². The van der Waals surface area contributed by atoms with Crippen LogP contribution in [0.3, 0.4) is 0 Å². The topological polar surface area (TPSA) is 13.0 Å². The van der Waals surface area contributed by atoms with E-state index in [1.165, 1.54) is 132 Å². The lowest BCUT2D eigenvalue weighted by Crippen LogP contribution is -2.29. The van der Waals surface area contributed by atoms with Gasteiger partial charge in [0.15, 0.2) is 0 Å². The summed E-state index contributed by atoms with van der Waals surface area (Å²) in [5.74, 6) is 2.56. The van der Waals surface area contributed by atoms with Crippen LogP contribution < -0.4 is 51.4 Å². The molecule has 4 nitrogen and oxygen atoms in total. The van der Waals surface area contributed by atoms with Gasteiger partial charge in [-0.3, -0.25) is 0 Å². The van der Waals surface area contributed by atoms with Crippen molar-refractivity contribution in [3.63, 3.8) is 0 Å². The molecular formula is C76H100N4P2. The van der Waals surface area contributed by atoms with E-state index < -0.39 is 15.8 Å². The number of rotatable bonds is 19. The Balaban J connectivity index is 1.67. The first-order chi connectivity index (χ1) is 38.7. The molecule has 8 aromatic carbocycles. The van der Waals surface area contributed by atoms with Crippen LogP contribution in [-0.2, 0) is 0 Å². The molecule has 8 aromatic rings. The molecule has 0 bridgehead atoms. The third kappa shape index (κ3) is 12.0. The Kier molecular flexibility index (Phi) is 19.2. The molecule has 6 heteroatoms. The Labute approximate surface area is 500 Å². The monoisotopic (exact) mass is 1130 g/mol. The van der Waals surface area contributed by atoms with Crippen molar-refractivity contribution < 1.29 is 0 Å². The first kappa shape index (κ1) is 62.4. The molecule has 0 aliphatic heterocycles. The molecule has 0 aliphatic carbocycles. The Hall–Kier alpha value is -5.66. The van der Waals surface area contributed by atoms with Gasteiger partial charge in [-0.25, -0.2) is 0 Å². The number of hydrogen-bond donors (Lipinski definition) is 0. The van der Waals surface area contributed by atoms with Crippen molar-refractivity contribution >= 4 is 92.0 Å². The van der Waals surface area contributed by atoms with Crippen LogP contribution in [0.25, 0.3) is 32.7 Å². The van der Waals surface area contributed by atoms with Crippen molar-refractivity contribution in [2.45, 2.75) is 158 Å². The predicted octanol–water partition coefficient (Wildman–Crippen LogP) is 18.4. The van der Waals surface area contributed by atoms with E-state index in [4.69, 9.17) is 0 Å². The third-order valence-corrected chi connectivity index (χ3v) is 21.8. The van der Waals surface area contributed by atoms with Gasteiger partial charge in [0.25, 0.3) is 0 Å². The van der Waals surface area contributed by atoms with Crippen LogP contribution >= 0.6 is 15.8 Å². The van der Waals surface area contributed by atoms with Crippen molar-refractivity contribution in [2.75, 3.05) is 76.0 Å². The highest BCUT2D eigenvalue weighted by Gasteiger charge is 2.34. The Morgan fingerprint density at radius 1 is 0.256 bits per heavy atom. The highest BCUT2D eigenvalue weighted by atomic mass is 31.1. The van der Waals surface area contributed by atoms with Gasteiger partial charge in [-0.2, -0.15) is 0 Å². The van der Waals surface area contributed by atoms with E-state index in [0.29, 0.717) is 47.3 Å². The van der Waals surface area contributed by atoms with Crippen LogP contribution in [0.1, 0.15) is 203 Å². The number of anilines is 4. The van der Waals surface area contributed by atoms with Crippen molar-refractivity contribution in [1.29, 1.82) is 0 Å². The second-order valence-corrected chi connectivity index (χ2v) is 31.1. The predicted molar refractivity (Wildman–Crippen MR) is 374 cm³/mol. The summed E-state index contributed by atoms with van der Waals surface area (Å²) in [6.07, 6.45) is 0. The number of fused-ring (bicyclic) bond motifs is 2. The summed E-state index contributed by atoms with van der Waals surface area (Å²) in [5.41, 5.74) is 19.5. The molecule has 8 rings (SSSR count). The fourth-order valence-corrected chi connectivity index (χ4v) is 18.2. The van der Waals surface area contributed by atoms with Gasteiger partial charge in [0.05, 0.1) is 0 Å². The van der Waals surface area contributed by atoms with Gasteiger partial charge >= 0.3 is 0 Å². The van der Waals surface area contributed by atoms with Crippen molar-refractivity contribution in [2.24, 2.45) is 0 Å². The molecule has 0 fully saturated rings. The molecular weight excluding hydrogens is 1030 g/mol. The maximum Gasteiger partial charge on any atom is 0.0431 e. The van der Waals surface area contributed by atoms with Crippen molar-refractivity contribution in [1.82, 2.24) is 0 Å². The lowest BCUT2D eigenvalue weighted by atomic mass is 9.92. The minimum Gasteiger partial charge on any atom is -0.377 e. The molecule has 0 saturated carbocycles. The van der Waals surface area contributed by atoms with Gasteiger partial charge in [0.1, 0.15) is 0 Å². The summed E-state index contributed by atoms with van der Waals surface area (Å²) in [6, 6.07) is 49.8. The van der Waals surface area contributed by atoms with E-state index in [0.717, 1.165) is 0 Å². The lowest BCUT2D eigenvalue weighted by molar-refractivity contribution is 0.824. The van der Waals surface area contributed by atoms with Gasteiger partial charge in [-0.05, 0) is 221 Å². The summed E-state index contributed by atoms with van der Waals surface area (Å²) >= 11 is 0. The van der Waals surface area contributed by atoms with E-state index in [2.05, 4.69) is 308 Å². The normalized spacial score (nSPS) is 12.3. The fraction of sp³-hybridized carbons (Fsp3) is 0.421. The molecule has 0 saturated heterocycles. The molecule has 0 amide bonds. The summed E-state index contributed by atoms with van der Waals surface area (Å²) in [7, 11) is 15.5. The summed E-state index contributed by atoms with van der Waals surface area (Å²) in [4.78, 5) is 9.51. The van der Waals surface area contributed by atoms with Gasteiger partial charge in [0.2, 0.25) is 0 Å². The first-order valence-electron chi connectivity index (χ1n) is 30.7. The Morgan fingerprint density at radius 2 is 0.451 bits per heavy atom. The number of hydrogen-bond acceptors (Lipinski definition) is 4. The molecule has 0 spiro atoms. The number of nitrogens with zero attached hydrogens (tertiary/aromatic N) is 4. The highest BCUT2D eigenvalue weighted by Crippen LogP contribution is 2.51. The standard InChI is InChI=1S/C76H100N4P2/c1-45(2)61-37-55(38-62(46(3)4)73(61)77(17)18)81(56-39-63(47(5)6)74(78(19)20)64(40-56)48(7)8)69-35-33-53-29-25-27-31-59(53)71(69)72-60-32-28-26-30-54(60)34-36-70(72)82(57-41-65(49(9)10)75(79(21)22)66(42-57)50(11)12)58-43-67(51(13)14)76(80(23)24)68(44-58)52(15)16/h25-52H,1-24H3. The zero-order valence-electron chi connectivity index (χ0n) is 54.8. The van der Waals surface area contributed by atoms with Gasteiger partial charge < -0.3 is 19.6 Å². The maximum absolute atomic E-state index is 2.64. The lowest BCUT2D eigenvalue weighted by Gasteiger charge is -2.34. The molecule has 0 heterocycles. The van der Waals surface area contributed by atoms with E-state index in [-0.39, 0.29) is 0 Å². The van der Waals surface area contributed by atoms with Crippen LogP contribution in [0, 0.1) is 0 Å². The molecule has 0 radical (unpaired) electrons. The average Bonchev–Trinajstić information content (AvgIpc) is 3.54. The molecule has 0 aromatic heterocycles. The second-order valence-electron chi connectivity index (χ2n) is 26.7. The van der Waals surface area contributed by atoms with Crippen LogP contribution in [-0.4, -0.2) is 56.4 Å². The van der Waals surface area contributed by atoms with E-state index in [9.17, 15) is 0 Å². The smallest absolute Gasteiger partial charge is 0.0431 e. The van der Waals surface area contributed by atoms with Crippen molar-refractivity contribution in [3.05, 3.63) is 166 Å². The number of benzene rings is 8. The van der Waals surface area contributed by atoms with Gasteiger partial charge in [0, 0.05) is 79.1 Å². The summed E-state index contributed by atoms with van der Waals surface area (Å²) in [6.45, 7) is 38.3. The molecule has 82 heavy (non-hydrogen) atoms. The first-order valence-corrected chi connectivity index (χ1v) is 33.4. The molecule has 0 aliphatic rings. The van der Waals surface area contributed by atoms with E-state index >= 15 is 0 Å². The Bertz CT molecular complexity index is 3090. The molecule has 0 atom stereocenters. The molecule has 434 valence electrons. The average molecular weight is 1130 g/mol. The SMILES string of the molecule is CC(C)c1cc(P(c2cc(C(C)C)c(N(C)C)c(C(C)C)c2)c2ccc3ccccc3c2-c2c(P(c3cc(C(C)C)c(N(C)C)c(C(C)C)c3)c3cc(C(C)C)c(N(C)C)c(C(C)C)c3)ccc3ccccc23)cc(C(C)C)c1N(C)C. The largest absolute Gasteiger partial charge is 0.377 e. The minimum absolute atomic E-state index is 0.320. The third-order valence-electron chi connectivity index (χ3n) is 17.0. The maximum atomic E-state index is 2.64. The minimum atomic E-state index is -1.21. The van der Waals surface area contributed by atoms with Crippen LogP contribution in [0.2, 0.25) is 0 Å². The zero-order valence-corrected chi connectivity index (χ0v) is 56.6. The summed E-state index contributed by atoms with van der Waals surface area (Å²) < 4.78 is 0. The van der Waals surface area contributed by atoms with Crippen LogP contribution in [0.5, 0.6) is 0 Å². The molecule has 0 unspecified atom stereocenters. The second kappa shape index (κ2) is 25.3. The molecule has 0 N–H and O–H groups in total. The fourth-order valence-electron chi connectivity index (χ4n) is 13.0. The van der Waals surface area contributed by atoms with Gasteiger partial charge in [-0.1, -0.05) is 184 Å². The van der Waals surface area contributed by atoms with Crippen LogP contribution in [0.4, 0.5) is 22.7 Å². The Morgan fingerprint density at radius 3 is 0.634 bits per heavy atom. The summed E-state index contributed by atoms with van der Waals surface area (Å²) in [5, 5.41) is 13.6. The van der Waals surface area contributed by atoms with E-state index in [1.54, 1.807) is 0 Å². The zero-order chi connectivity index (χ0) is 60.1. The van der Waals surface area contributed by atoms with E-state index in [1.807, 2.05) is 0 Å². The van der Waals surface area contributed by atoms with Crippen molar-refractivity contribution in [3.8, 4) is 11.1 Å². The quantitative estimate of drug-likeness (QED) is 0.0748. The van der Waals surface area contributed by atoms with Crippen LogP contribution in [0.15, 0.2) is 121 Å².